The Hall–Kier alpha value is -1.36. The van der Waals surface area contributed by atoms with Crippen LogP contribution in [0.3, 0.4) is 0 Å². The van der Waals surface area contributed by atoms with Gasteiger partial charge in [-0.15, -0.1) is 0 Å². The highest BCUT2D eigenvalue weighted by atomic mass is 16.6. The molecule has 0 aromatic rings. The van der Waals surface area contributed by atoms with Crippen LogP contribution in [-0.2, 0) is 85.3 Å². The van der Waals surface area contributed by atoms with Crippen molar-refractivity contribution in [1.82, 2.24) is 0 Å². The third-order valence-corrected chi connectivity index (χ3v) is 14.7. The molecule has 632 valence electrons. The maximum atomic E-state index is 6.50. The summed E-state index contributed by atoms with van der Waals surface area (Å²) < 4.78 is 101. The number of hydrogen-bond donors (Lipinski definition) is 16. The van der Waals surface area contributed by atoms with Crippen molar-refractivity contribution in [1.29, 1.82) is 0 Å². The summed E-state index contributed by atoms with van der Waals surface area (Å²) in [7, 11) is 0. The summed E-state index contributed by atoms with van der Waals surface area (Å²) in [6, 6.07) is 0. The molecule has 0 rings (SSSR count). The fourth-order valence-corrected chi connectivity index (χ4v) is 7.76. The number of rotatable bonds is 78. The summed E-state index contributed by atoms with van der Waals surface area (Å²) in [6.45, 7) is 36.5. The molecule has 0 saturated heterocycles. The van der Waals surface area contributed by atoms with E-state index in [-0.39, 0.29) is 0 Å². The van der Waals surface area contributed by atoms with E-state index in [9.17, 15) is 0 Å². The van der Waals surface area contributed by atoms with Crippen LogP contribution >= 0.6 is 0 Å². The average molecular weight is 1520 g/mol. The maximum absolute atomic E-state index is 6.50. The monoisotopic (exact) mass is 1520 g/mol. The Labute approximate surface area is 628 Å². The van der Waals surface area contributed by atoms with E-state index in [4.69, 9.17) is 177 Å². The van der Waals surface area contributed by atoms with Crippen LogP contribution in [0.5, 0.6) is 0 Å². The Morgan fingerprint density at radius 3 is 0.462 bits per heavy atom. The Morgan fingerprint density at radius 1 is 0.173 bits per heavy atom. The van der Waals surface area contributed by atoms with Crippen molar-refractivity contribution in [2.24, 2.45) is 127 Å². The minimum atomic E-state index is -0.778. The highest BCUT2D eigenvalue weighted by molar-refractivity contribution is 4.87. The van der Waals surface area contributed by atoms with E-state index in [1.54, 1.807) is 0 Å². The SMILES string of the molecule is CC(CN)COCC(N)(COCC(C)CN)COCC(C)CN.CC(CN)COCCOCC(N)(COCCOCC(C)CN)COCCOCC(C)CN.NCCCOCC(N)(COCCCN)COCCCN.NCCCOCCOCC(N)(COCCOCCCN)COCCOCCCN. The first kappa shape index (κ1) is 109. The Bertz CT molecular complexity index is 1510. The van der Waals surface area contributed by atoms with Crippen LogP contribution in [-0.4, -0.2) is 339 Å². The predicted molar refractivity (Wildman–Crippen MR) is 414 cm³/mol. The molecule has 0 bridgehead atoms. The molecule has 0 aromatic heterocycles. The predicted octanol–water partition coefficient (Wildman–Crippen LogP) is -3.30. The second-order valence-corrected chi connectivity index (χ2v) is 27.4. The molecule has 6 atom stereocenters. The molecule has 0 aliphatic heterocycles. The number of ether oxygens (including phenoxy) is 18. The van der Waals surface area contributed by atoms with Gasteiger partial charge < -0.3 is 177 Å². The fraction of sp³-hybridized carbons (Fsp3) is 1.00. The highest BCUT2D eigenvalue weighted by Crippen LogP contribution is 2.11. The van der Waals surface area contributed by atoms with Crippen molar-refractivity contribution in [3.05, 3.63) is 0 Å². The fourth-order valence-electron chi connectivity index (χ4n) is 7.76. The van der Waals surface area contributed by atoms with E-state index in [1.165, 1.54) is 0 Å². The molecule has 34 heteroatoms. The lowest BCUT2D eigenvalue weighted by Gasteiger charge is -2.30. The smallest absolute Gasteiger partial charge is 0.0865 e. The van der Waals surface area contributed by atoms with Crippen molar-refractivity contribution in [2.75, 3.05) is 316 Å². The first-order valence-corrected chi connectivity index (χ1v) is 38.1. The molecule has 104 heavy (non-hydrogen) atoms. The molecule has 6 unspecified atom stereocenters. The van der Waals surface area contributed by atoms with Gasteiger partial charge in [-0.2, -0.15) is 0 Å². The molecule has 0 amide bonds. The Morgan fingerprint density at radius 2 is 0.298 bits per heavy atom. The van der Waals surface area contributed by atoms with Crippen molar-refractivity contribution in [3.63, 3.8) is 0 Å². The van der Waals surface area contributed by atoms with Crippen LogP contribution < -0.4 is 91.7 Å². The number of nitrogens with two attached hydrogens (primary N) is 16. The third kappa shape index (κ3) is 78.8. The molecule has 0 radical (unpaired) electrons. The lowest BCUT2D eigenvalue weighted by molar-refractivity contribution is -0.0521. The molecule has 32 N–H and O–H groups in total. The van der Waals surface area contributed by atoms with Gasteiger partial charge in [0, 0.05) is 39.6 Å². The lowest BCUT2D eigenvalue weighted by Crippen LogP contribution is -2.53. The van der Waals surface area contributed by atoms with Gasteiger partial charge >= 0.3 is 0 Å². The second-order valence-electron chi connectivity index (χ2n) is 27.4. The molecular formula is C70H164N16O18. The van der Waals surface area contributed by atoms with Crippen molar-refractivity contribution >= 4 is 0 Å². The molecule has 0 aliphatic rings. The summed E-state index contributed by atoms with van der Waals surface area (Å²) in [5, 5.41) is 0. The zero-order valence-electron chi connectivity index (χ0n) is 66.2. The Kier molecular flexibility index (Phi) is 85.0. The summed E-state index contributed by atoms with van der Waals surface area (Å²) >= 11 is 0. The van der Waals surface area contributed by atoms with Gasteiger partial charge in [0.1, 0.15) is 0 Å². The number of hydrogen-bond acceptors (Lipinski definition) is 34. The molecule has 0 heterocycles. The van der Waals surface area contributed by atoms with Crippen LogP contribution in [0, 0.1) is 35.5 Å². The summed E-state index contributed by atoms with van der Waals surface area (Å²) in [5.41, 5.74) is 88.8. The largest absolute Gasteiger partial charge is 0.379 e. The summed E-state index contributed by atoms with van der Waals surface area (Å²) in [4.78, 5) is 0. The van der Waals surface area contributed by atoms with Crippen LogP contribution in [0.1, 0.15) is 80.1 Å². The van der Waals surface area contributed by atoms with Gasteiger partial charge in [-0.1, -0.05) is 41.5 Å². The molecule has 0 saturated carbocycles. The third-order valence-electron chi connectivity index (χ3n) is 14.7. The van der Waals surface area contributed by atoms with Crippen molar-refractivity contribution < 1.29 is 85.3 Å². The van der Waals surface area contributed by atoms with E-state index in [1.807, 2.05) is 41.5 Å². The van der Waals surface area contributed by atoms with Crippen LogP contribution in [0.15, 0.2) is 0 Å². The minimum Gasteiger partial charge on any atom is -0.379 e. The zero-order chi connectivity index (χ0) is 78.4. The van der Waals surface area contributed by atoms with Gasteiger partial charge in [0.2, 0.25) is 0 Å². The van der Waals surface area contributed by atoms with Gasteiger partial charge in [-0.3, -0.25) is 0 Å². The molecular weight excluding hydrogens is 1350 g/mol. The first-order valence-electron chi connectivity index (χ1n) is 38.1. The van der Waals surface area contributed by atoms with Gasteiger partial charge in [0.25, 0.3) is 0 Å². The van der Waals surface area contributed by atoms with Crippen molar-refractivity contribution in [2.45, 2.75) is 102 Å². The topological polar surface area (TPSA) is 582 Å². The minimum absolute atomic E-state index is 0.291. The van der Waals surface area contributed by atoms with E-state index < -0.39 is 22.2 Å². The maximum Gasteiger partial charge on any atom is 0.0865 e. The van der Waals surface area contributed by atoms with Gasteiger partial charge in [-0.05, 0) is 153 Å². The Balaban J connectivity index is -0.000000651. The van der Waals surface area contributed by atoms with Crippen LogP contribution in [0.2, 0.25) is 0 Å². The molecule has 0 spiro atoms. The van der Waals surface area contributed by atoms with E-state index in [0.717, 1.165) is 38.5 Å². The molecule has 0 aromatic carbocycles. The standard InChI is InChI=1S/C22H50N4O6.C19H44N4O6.C16H38N4O3.C13H32N4O3/c1-19(10-23)13-27-4-7-30-16-22(26,17-31-8-5-28-14-20(2)11-24)18-32-9-6-29-15-21(3)12-25;20-4-1-7-24-10-13-27-16-19(23,17-28-14-11-25-8-2-5-21)18-29-15-12-26-9-3-6-22;1-13(4-17)7-21-10-16(20,11-22-8-14(2)5-18)12-23-9-15(3)6-19;14-4-1-7-18-10-13(17,11-19-8-2-5-15)12-20-9-3-6-16/h19-21H,4-18,23-26H2,1-3H3;1-18,20-23H2;13-15H,4-12,17-20H2,1-3H3;1-12,14-17H2. The molecule has 34 nitrogen and oxygen atoms in total. The summed E-state index contributed by atoms with van der Waals surface area (Å²) in [5.74, 6) is 1.89. The summed E-state index contributed by atoms with van der Waals surface area (Å²) in [6.07, 6.45) is 4.96. The van der Waals surface area contributed by atoms with E-state index >= 15 is 0 Å². The van der Waals surface area contributed by atoms with Gasteiger partial charge in [0.05, 0.1) is 220 Å². The second kappa shape index (κ2) is 81.1. The average Bonchev–Trinajstić information content (AvgIpc) is 0.885. The molecule has 0 aliphatic carbocycles. The first-order chi connectivity index (χ1) is 50.1. The van der Waals surface area contributed by atoms with E-state index in [2.05, 4.69) is 0 Å². The van der Waals surface area contributed by atoms with Gasteiger partial charge in [0.15, 0.2) is 0 Å². The van der Waals surface area contributed by atoms with E-state index in [0.29, 0.717) is 352 Å². The quantitative estimate of drug-likeness (QED) is 0.0265. The normalized spacial score (nSPS) is 14.8. The van der Waals surface area contributed by atoms with Crippen LogP contribution in [0.25, 0.3) is 0 Å². The lowest BCUT2D eigenvalue weighted by atomic mass is 10.0. The highest BCUT2D eigenvalue weighted by Gasteiger charge is 2.30. The zero-order valence-corrected chi connectivity index (χ0v) is 66.2. The molecule has 0 fully saturated rings. The van der Waals surface area contributed by atoms with Crippen LogP contribution in [0.4, 0.5) is 0 Å². The van der Waals surface area contributed by atoms with Gasteiger partial charge in [-0.25, -0.2) is 0 Å². The van der Waals surface area contributed by atoms with Crippen molar-refractivity contribution in [3.8, 4) is 0 Å².